The molecule has 0 aliphatic rings. The number of nitrogens with one attached hydrogen (secondary N) is 1. The second kappa shape index (κ2) is 7.99. The molecule has 0 bridgehead atoms. The van der Waals surface area contributed by atoms with Gasteiger partial charge in [-0.15, -0.1) is 0 Å². The van der Waals surface area contributed by atoms with Gasteiger partial charge in [0, 0.05) is 23.5 Å². The van der Waals surface area contributed by atoms with Gasteiger partial charge in [0.05, 0.1) is 11.1 Å². The van der Waals surface area contributed by atoms with Crippen molar-refractivity contribution in [3.8, 4) is 11.8 Å². The van der Waals surface area contributed by atoms with E-state index in [1.54, 1.807) is 67.0 Å². The minimum absolute atomic E-state index is 0.176. The number of hydrogen-bond donors (Lipinski definition) is 1. The quantitative estimate of drug-likeness (QED) is 0.680. The van der Waals surface area contributed by atoms with Crippen molar-refractivity contribution in [1.29, 1.82) is 0 Å². The fourth-order valence-corrected chi connectivity index (χ4v) is 2.99. The Morgan fingerprint density at radius 1 is 1.00 bits per heavy atom. The summed E-state index contributed by atoms with van der Waals surface area (Å²) in [5.41, 5.74) is 1.08. The third-order valence-corrected chi connectivity index (χ3v) is 4.42. The predicted molar refractivity (Wildman–Crippen MR) is 102 cm³/mol. The van der Waals surface area contributed by atoms with Gasteiger partial charge >= 0.3 is 6.01 Å². The first-order chi connectivity index (χ1) is 12.5. The molecule has 0 atom stereocenters. The average Bonchev–Trinajstić information content (AvgIpc) is 2.62. The molecule has 2 aromatic carbocycles. The van der Waals surface area contributed by atoms with Crippen molar-refractivity contribution < 1.29 is 13.2 Å². The summed E-state index contributed by atoms with van der Waals surface area (Å²) in [5, 5.41) is 1.67. The first-order valence-electron chi connectivity index (χ1n) is 7.52. The fraction of sp³-hybridized carbons (Fsp3) is 0. The molecule has 0 spiro atoms. The average molecular weight is 388 g/mol. The van der Waals surface area contributed by atoms with E-state index >= 15 is 0 Å². The fourth-order valence-electron chi connectivity index (χ4n) is 2.01. The van der Waals surface area contributed by atoms with Crippen LogP contribution in [0, 0.1) is 0 Å². The number of hydrogen-bond acceptors (Lipinski definition) is 5. The van der Waals surface area contributed by atoms with E-state index in [9.17, 15) is 8.42 Å². The molecule has 3 rings (SSSR count). The molecular weight excluding hydrogens is 374 g/mol. The van der Waals surface area contributed by atoms with Crippen molar-refractivity contribution >= 4 is 33.4 Å². The minimum atomic E-state index is -3.68. The summed E-state index contributed by atoms with van der Waals surface area (Å²) in [5.74, 6) is 0.415. The Kier molecular flexibility index (Phi) is 5.50. The molecular formula is C18H14ClN3O3S. The van der Waals surface area contributed by atoms with Gasteiger partial charge in [-0.1, -0.05) is 29.8 Å². The van der Waals surface area contributed by atoms with Crippen LogP contribution in [0.25, 0.3) is 6.08 Å². The van der Waals surface area contributed by atoms with Gasteiger partial charge < -0.3 is 4.74 Å². The minimum Gasteiger partial charge on any atom is -0.424 e. The van der Waals surface area contributed by atoms with Gasteiger partial charge in [0.2, 0.25) is 0 Å². The van der Waals surface area contributed by atoms with Gasteiger partial charge in [0.15, 0.2) is 0 Å². The van der Waals surface area contributed by atoms with Crippen LogP contribution >= 0.6 is 11.6 Å². The van der Waals surface area contributed by atoms with Crippen molar-refractivity contribution in [3.63, 3.8) is 0 Å². The standard InChI is InChI=1S/C18H14ClN3O3S/c19-15-7-5-14(6-8-15)9-12-26(23,24)22-16-3-1-4-17(13-16)25-18-20-10-2-11-21-18/h1-13,22H/b12-9+. The second-order valence-electron chi connectivity index (χ2n) is 5.16. The summed E-state index contributed by atoms with van der Waals surface area (Å²) < 4.78 is 32.4. The van der Waals surface area contributed by atoms with E-state index in [0.29, 0.717) is 16.5 Å². The molecule has 0 aliphatic heterocycles. The van der Waals surface area contributed by atoms with Gasteiger partial charge in [0.1, 0.15) is 5.75 Å². The molecule has 0 saturated carbocycles. The van der Waals surface area contributed by atoms with Crippen molar-refractivity contribution in [3.05, 3.63) is 83.0 Å². The lowest BCUT2D eigenvalue weighted by Crippen LogP contribution is -2.08. The summed E-state index contributed by atoms with van der Waals surface area (Å²) in [7, 11) is -3.68. The Labute approximate surface area is 156 Å². The summed E-state index contributed by atoms with van der Waals surface area (Å²) in [4.78, 5) is 7.91. The van der Waals surface area contributed by atoms with E-state index in [1.165, 1.54) is 6.08 Å². The maximum atomic E-state index is 12.2. The number of benzene rings is 2. The van der Waals surface area contributed by atoms with Crippen LogP contribution in [0.4, 0.5) is 5.69 Å². The molecule has 3 aromatic rings. The maximum Gasteiger partial charge on any atom is 0.321 e. The zero-order chi connectivity index (χ0) is 18.4. The van der Waals surface area contributed by atoms with E-state index < -0.39 is 10.0 Å². The van der Waals surface area contributed by atoms with Crippen LogP contribution in [-0.2, 0) is 10.0 Å². The molecule has 1 N–H and O–H groups in total. The van der Waals surface area contributed by atoms with E-state index in [-0.39, 0.29) is 6.01 Å². The lowest BCUT2D eigenvalue weighted by molar-refractivity contribution is 0.442. The Hall–Kier alpha value is -2.90. The van der Waals surface area contributed by atoms with Gasteiger partial charge in [0.25, 0.3) is 10.0 Å². The monoisotopic (exact) mass is 387 g/mol. The Bertz CT molecular complexity index is 1010. The van der Waals surface area contributed by atoms with E-state index in [2.05, 4.69) is 14.7 Å². The predicted octanol–water partition coefficient (Wildman–Crippen LogP) is 4.33. The largest absolute Gasteiger partial charge is 0.424 e. The highest BCUT2D eigenvalue weighted by Crippen LogP contribution is 2.22. The van der Waals surface area contributed by atoms with Gasteiger partial charge in [-0.3, -0.25) is 4.72 Å². The molecule has 8 heteroatoms. The van der Waals surface area contributed by atoms with Crippen LogP contribution < -0.4 is 9.46 Å². The number of halogens is 1. The normalized spacial score (nSPS) is 11.4. The zero-order valence-electron chi connectivity index (χ0n) is 13.4. The molecule has 1 aromatic heterocycles. The van der Waals surface area contributed by atoms with Crippen molar-refractivity contribution in [1.82, 2.24) is 9.97 Å². The Morgan fingerprint density at radius 2 is 1.73 bits per heavy atom. The molecule has 132 valence electrons. The Balaban J connectivity index is 1.71. The third-order valence-electron chi connectivity index (χ3n) is 3.16. The molecule has 0 amide bonds. The zero-order valence-corrected chi connectivity index (χ0v) is 15.0. The molecule has 26 heavy (non-hydrogen) atoms. The highest BCUT2D eigenvalue weighted by Gasteiger charge is 2.07. The van der Waals surface area contributed by atoms with Gasteiger partial charge in [-0.25, -0.2) is 18.4 Å². The molecule has 1 heterocycles. The van der Waals surface area contributed by atoms with Crippen LogP contribution in [0.2, 0.25) is 5.02 Å². The van der Waals surface area contributed by atoms with Crippen molar-refractivity contribution in [2.75, 3.05) is 4.72 Å². The first kappa shape index (κ1) is 17.9. The number of aromatic nitrogens is 2. The van der Waals surface area contributed by atoms with Crippen LogP contribution in [0.1, 0.15) is 5.56 Å². The molecule has 0 radical (unpaired) electrons. The van der Waals surface area contributed by atoms with Gasteiger partial charge in [-0.2, -0.15) is 0 Å². The number of anilines is 1. The first-order valence-corrected chi connectivity index (χ1v) is 9.44. The highest BCUT2D eigenvalue weighted by atomic mass is 35.5. The number of nitrogens with zero attached hydrogens (tertiary/aromatic N) is 2. The molecule has 0 unspecified atom stereocenters. The number of sulfonamides is 1. The SMILES string of the molecule is O=S(=O)(/C=C/c1ccc(Cl)cc1)Nc1cccc(Oc2ncccn2)c1. The lowest BCUT2D eigenvalue weighted by atomic mass is 10.2. The van der Waals surface area contributed by atoms with Crippen molar-refractivity contribution in [2.45, 2.75) is 0 Å². The molecule has 0 fully saturated rings. The van der Waals surface area contributed by atoms with E-state index in [4.69, 9.17) is 16.3 Å². The summed E-state index contributed by atoms with van der Waals surface area (Å²) in [6.45, 7) is 0. The van der Waals surface area contributed by atoms with E-state index in [1.807, 2.05) is 0 Å². The van der Waals surface area contributed by atoms with Crippen molar-refractivity contribution in [2.24, 2.45) is 0 Å². The second-order valence-corrected chi connectivity index (χ2v) is 7.17. The summed E-state index contributed by atoms with van der Waals surface area (Å²) >= 11 is 5.81. The third kappa shape index (κ3) is 5.30. The highest BCUT2D eigenvalue weighted by molar-refractivity contribution is 7.95. The summed E-state index contributed by atoms with van der Waals surface area (Å²) in [6, 6.07) is 15.2. The van der Waals surface area contributed by atoms with Crippen LogP contribution in [0.5, 0.6) is 11.8 Å². The van der Waals surface area contributed by atoms with Crippen LogP contribution in [-0.4, -0.2) is 18.4 Å². The molecule has 0 aliphatic carbocycles. The lowest BCUT2D eigenvalue weighted by Gasteiger charge is -2.07. The number of ether oxygens (including phenoxy) is 1. The maximum absolute atomic E-state index is 12.2. The molecule has 6 nitrogen and oxygen atoms in total. The molecule has 0 saturated heterocycles. The Morgan fingerprint density at radius 3 is 2.46 bits per heavy atom. The van der Waals surface area contributed by atoms with Gasteiger partial charge in [-0.05, 0) is 42.0 Å². The number of rotatable bonds is 6. The van der Waals surface area contributed by atoms with E-state index in [0.717, 1.165) is 11.0 Å². The topological polar surface area (TPSA) is 81.2 Å². The van der Waals surface area contributed by atoms with Crippen LogP contribution in [0.3, 0.4) is 0 Å². The van der Waals surface area contributed by atoms with Crippen LogP contribution in [0.15, 0.2) is 72.4 Å². The summed E-state index contributed by atoms with van der Waals surface area (Å²) in [6.07, 6.45) is 4.59. The smallest absolute Gasteiger partial charge is 0.321 e.